The van der Waals surface area contributed by atoms with E-state index in [1.807, 2.05) is 17.0 Å². The monoisotopic (exact) mass is 283 g/mol. The number of carboxylic acid groups (broad SMARTS) is 1. The molecule has 19 heavy (non-hydrogen) atoms. The fourth-order valence-electron chi connectivity index (χ4n) is 2.01. The summed E-state index contributed by atoms with van der Waals surface area (Å²) in [6.45, 7) is 6.44. The fraction of sp³-hybridized carbons (Fsp3) is 0.533. The van der Waals surface area contributed by atoms with Crippen molar-refractivity contribution >= 4 is 23.3 Å². The number of hydrogen-bond donors (Lipinski definition) is 1. The molecule has 1 unspecified atom stereocenters. The lowest BCUT2D eigenvalue weighted by atomic mass is 10.0. The van der Waals surface area contributed by atoms with Gasteiger partial charge in [-0.2, -0.15) is 0 Å². The Labute approximate surface area is 120 Å². The minimum absolute atomic E-state index is 0.0148. The molecule has 1 atom stereocenters. The summed E-state index contributed by atoms with van der Waals surface area (Å²) >= 11 is 5.87. The van der Waals surface area contributed by atoms with Gasteiger partial charge in [0.1, 0.15) is 6.54 Å². The summed E-state index contributed by atoms with van der Waals surface area (Å²) in [5, 5.41) is 9.72. The van der Waals surface area contributed by atoms with E-state index in [1.165, 1.54) is 0 Å². The van der Waals surface area contributed by atoms with Gasteiger partial charge in [0.2, 0.25) is 0 Å². The molecule has 1 rings (SSSR count). The lowest BCUT2D eigenvalue weighted by Crippen LogP contribution is -2.37. The largest absolute Gasteiger partial charge is 0.480 e. The number of carboxylic acids is 1. The third-order valence-corrected chi connectivity index (χ3v) is 3.41. The van der Waals surface area contributed by atoms with Crippen LogP contribution >= 0.6 is 11.6 Å². The van der Waals surface area contributed by atoms with Crippen LogP contribution in [0.3, 0.4) is 0 Å². The Morgan fingerprint density at radius 2 is 1.79 bits per heavy atom. The van der Waals surface area contributed by atoms with Crippen LogP contribution in [0.15, 0.2) is 24.3 Å². The Morgan fingerprint density at radius 1 is 1.21 bits per heavy atom. The first-order valence-electron chi connectivity index (χ1n) is 6.64. The van der Waals surface area contributed by atoms with Crippen LogP contribution in [0, 0.1) is 5.92 Å². The van der Waals surface area contributed by atoms with Crippen molar-refractivity contribution in [3.05, 3.63) is 29.3 Å². The van der Waals surface area contributed by atoms with Crippen molar-refractivity contribution in [2.24, 2.45) is 5.92 Å². The van der Waals surface area contributed by atoms with Crippen LogP contribution in [0.1, 0.15) is 33.6 Å². The van der Waals surface area contributed by atoms with Crippen LogP contribution in [0.4, 0.5) is 5.69 Å². The van der Waals surface area contributed by atoms with Crippen molar-refractivity contribution in [1.82, 2.24) is 0 Å². The molecule has 0 saturated carbocycles. The summed E-state index contributed by atoms with van der Waals surface area (Å²) in [5.74, 6) is -0.189. The van der Waals surface area contributed by atoms with Crippen LogP contribution in [-0.2, 0) is 4.79 Å². The molecule has 0 aliphatic rings. The highest BCUT2D eigenvalue weighted by Crippen LogP contribution is 2.22. The van der Waals surface area contributed by atoms with Crippen molar-refractivity contribution in [2.75, 3.05) is 11.4 Å². The van der Waals surface area contributed by atoms with Crippen LogP contribution in [0.2, 0.25) is 5.02 Å². The van der Waals surface area contributed by atoms with Gasteiger partial charge in [-0.3, -0.25) is 4.79 Å². The summed E-state index contributed by atoms with van der Waals surface area (Å²) in [4.78, 5) is 12.9. The van der Waals surface area contributed by atoms with Crippen molar-refractivity contribution in [1.29, 1.82) is 0 Å². The van der Waals surface area contributed by atoms with Gasteiger partial charge in [0, 0.05) is 16.8 Å². The average molecular weight is 284 g/mol. The van der Waals surface area contributed by atoms with E-state index in [1.54, 1.807) is 12.1 Å². The minimum atomic E-state index is -0.814. The zero-order chi connectivity index (χ0) is 14.4. The molecule has 1 N–H and O–H groups in total. The second-order valence-corrected chi connectivity index (χ2v) is 5.75. The SMILES string of the molecule is CC(C)CCC(C)N(CC(=O)O)c1ccc(Cl)cc1. The number of halogens is 1. The summed E-state index contributed by atoms with van der Waals surface area (Å²) in [6.07, 6.45) is 2.07. The number of nitrogens with zero attached hydrogens (tertiary/aromatic N) is 1. The molecule has 0 amide bonds. The van der Waals surface area contributed by atoms with Crippen LogP contribution in [-0.4, -0.2) is 23.7 Å². The second-order valence-electron chi connectivity index (χ2n) is 5.32. The average Bonchev–Trinajstić information content (AvgIpc) is 2.34. The summed E-state index contributed by atoms with van der Waals surface area (Å²) in [7, 11) is 0. The maximum absolute atomic E-state index is 11.0. The second kappa shape index (κ2) is 7.39. The number of rotatable bonds is 7. The third-order valence-electron chi connectivity index (χ3n) is 3.16. The zero-order valence-electron chi connectivity index (χ0n) is 11.8. The van der Waals surface area contributed by atoms with E-state index in [9.17, 15) is 4.79 Å². The highest BCUT2D eigenvalue weighted by Gasteiger charge is 2.17. The summed E-state index contributed by atoms with van der Waals surface area (Å²) in [6, 6.07) is 7.52. The fourth-order valence-corrected chi connectivity index (χ4v) is 2.14. The van der Waals surface area contributed by atoms with Gasteiger partial charge < -0.3 is 10.0 Å². The lowest BCUT2D eigenvalue weighted by Gasteiger charge is -2.30. The molecule has 0 aromatic heterocycles. The van der Waals surface area contributed by atoms with Crippen molar-refractivity contribution in [2.45, 2.75) is 39.7 Å². The minimum Gasteiger partial charge on any atom is -0.480 e. The first-order valence-corrected chi connectivity index (χ1v) is 7.02. The van der Waals surface area contributed by atoms with E-state index in [4.69, 9.17) is 16.7 Å². The number of benzene rings is 1. The zero-order valence-corrected chi connectivity index (χ0v) is 12.5. The smallest absolute Gasteiger partial charge is 0.323 e. The normalized spacial score (nSPS) is 12.5. The van der Waals surface area contributed by atoms with Crippen LogP contribution in [0.5, 0.6) is 0 Å². The van der Waals surface area contributed by atoms with E-state index in [0.29, 0.717) is 10.9 Å². The van der Waals surface area contributed by atoms with Gasteiger partial charge in [-0.05, 0) is 49.9 Å². The molecule has 0 radical (unpaired) electrons. The molecule has 106 valence electrons. The molecule has 0 fully saturated rings. The summed E-state index contributed by atoms with van der Waals surface area (Å²) < 4.78 is 0. The van der Waals surface area contributed by atoms with Crippen molar-refractivity contribution in [3.63, 3.8) is 0 Å². The topological polar surface area (TPSA) is 40.5 Å². The summed E-state index contributed by atoms with van der Waals surface area (Å²) in [5.41, 5.74) is 0.906. The predicted octanol–water partition coefficient (Wildman–Crippen LogP) is 4.06. The van der Waals surface area contributed by atoms with Gasteiger partial charge in [-0.15, -0.1) is 0 Å². The van der Waals surface area contributed by atoms with E-state index in [-0.39, 0.29) is 12.6 Å². The van der Waals surface area contributed by atoms with E-state index in [2.05, 4.69) is 20.8 Å². The molecule has 0 saturated heterocycles. The third kappa shape index (κ3) is 5.52. The van der Waals surface area contributed by atoms with Gasteiger partial charge in [-0.25, -0.2) is 0 Å². The van der Waals surface area contributed by atoms with Gasteiger partial charge in [-0.1, -0.05) is 25.4 Å². The molecular weight excluding hydrogens is 262 g/mol. The Morgan fingerprint density at radius 3 is 2.26 bits per heavy atom. The number of aliphatic carboxylic acids is 1. The molecule has 0 spiro atoms. The Hall–Kier alpha value is -1.22. The molecule has 3 nitrogen and oxygen atoms in total. The van der Waals surface area contributed by atoms with E-state index in [0.717, 1.165) is 18.5 Å². The highest BCUT2D eigenvalue weighted by molar-refractivity contribution is 6.30. The maximum atomic E-state index is 11.0. The van der Waals surface area contributed by atoms with Crippen LogP contribution in [0.25, 0.3) is 0 Å². The van der Waals surface area contributed by atoms with Gasteiger partial charge in [0.25, 0.3) is 0 Å². The molecule has 0 heterocycles. The van der Waals surface area contributed by atoms with Crippen LogP contribution < -0.4 is 4.90 Å². The maximum Gasteiger partial charge on any atom is 0.323 e. The molecular formula is C15H22ClNO2. The first kappa shape index (κ1) is 15.8. The Kier molecular flexibility index (Phi) is 6.16. The molecule has 4 heteroatoms. The van der Waals surface area contributed by atoms with E-state index < -0.39 is 5.97 Å². The Balaban J connectivity index is 2.81. The number of carbonyl (C=O) groups is 1. The molecule has 0 bridgehead atoms. The number of hydrogen-bond acceptors (Lipinski definition) is 2. The van der Waals surface area contributed by atoms with Gasteiger partial charge in [0.05, 0.1) is 0 Å². The standard InChI is InChI=1S/C15H22ClNO2/c1-11(2)4-5-12(3)17(10-15(18)19)14-8-6-13(16)7-9-14/h6-9,11-12H,4-5,10H2,1-3H3,(H,18,19). The molecule has 1 aromatic rings. The lowest BCUT2D eigenvalue weighted by molar-refractivity contribution is -0.135. The molecule has 1 aromatic carbocycles. The molecule has 0 aliphatic carbocycles. The Bertz CT molecular complexity index is 403. The van der Waals surface area contributed by atoms with Gasteiger partial charge >= 0.3 is 5.97 Å². The van der Waals surface area contributed by atoms with Gasteiger partial charge in [0.15, 0.2) is 0 Å². The van der Waals surface area contributed by atoms with E-state index >= 15 is 0 Å². The van der Waals surface area contributed by atoms with Crippen molar-refractivity contribution in [3.8, 4) is 0 Å². The number of anilines is 1. The predicted molar refractivity (Wildman–Crippen MR) is 80.0 cm³/mol. The first-order chi connectivity index (χ1) is 8.90. The highest BCUT2D eigenvalue weighted by atomic mass is 35.5. The quantitative estimate of drug-likeness (QED) is 0.820. The molecule has 0 aliphatic heterocycles. The van der Waals surface area contributed by atoms with Crippen molar-refractivity contribution < 1.29 is 9.90 Å².